The number of amides is 1. The van der Waals surface area contributed by atoms with Gasteiger partial charge in [-0.05, 0) is 11.3 Å². The van der Waals surface area contributed by atoms with E-state index >= 15 is 0 Å². The van der Waals surface area contributed by atoms with E-state index in [0.717, 1.165) is 11.3 Å². The van der Waals surface area contributed by atoms with Crippen LogP contribution >= 0.6 is 0 Å². The maximum atomic E-state index is 10.2. The van der Waals surface area contributed by atoms with Crippen molar-refractivity contribution in [3.8, 4) is 0 Å². The second kappa shape index (κ2) is 7.12. The van der Waals surface area contributed by atoms with E-state index in [1.54, 1.807) is 0 Å². The Balaban J connectivity index is 0.000000252. The van der Waals surface area contributed by atoms with Gasteiger partial charge in [-0.15, -0.1) is 0 Å². The molecule has 0 aliphatic carbocycles. The minimum absolute atomic E-state index is 0.481. The zero-order valence-electron chi connectivity index (χ0n) is 7.14. The van der Waals surface area contributed by atoms with Crippen LogP contribution in [0.4, 0.5) is 0 Å². The molecule has 68 valence electrons. The highest BCUT2D eigenvalue weighted by molar-refractivity contribution is 6.38. The smallest absolute Gasteiger partial charge is 0.296 e. The molecule has 1 rings (SSSR count). The minimum Gasteiger partial charge on any atom is -0.386 e. The van der Waals surface area contributed by atoms with Gasteiger partial charge in [0.2, 0.25) is 5.91 Å². The molecule has 2 N–H and O–H groups in total. The second-order valence-corrected chi connectivity index (χ2v) is 3.04. The fourth-order valence-electron chi connectivity index (χ4n) is 0.532. The van der Waals surface area contributed by atoms with E-state index in [-0.39, 0.29) is 0 Å². The van der Waals surface area contributed by atoms with E-state index in [2.05, 4.69) is 12.3 Å². The molecule has 0 radical (unpaired) electrons. The van der Waals surface area contributed by atoms with Crippen LogP contribution in [0.5, 0.6) is 0 Å². The Hall–Kier alpha value is -1.55. The van der Waals surface area contributed by atoms with Crippen LogP contribution in [0.15, 0.2) is 43.0 Å². The molecular formula is C9H11NO2Si. The Labute approximate surface area is 79.1 Å². The molecule has 3 nitrogen and oxygen atoms in total. The molecule has 0 aliphatic rings. The molecular weight excluding hydrogens is 182 g/mol. The molecule has 1 amide bonds. The summed E-state index contributed by atoms with van der Waals surface area (Å²) < 4.78 is 10.2. The maximum absolute atomic E-state index is 10.2. The highest BCUT2D eigenvalue weighted by Crippen LogP contribution is 1.77. The molecule has 0 saturated carbocycles. The Bertz CT molecular complexity index is 285. The van der Waals surface area contributed by atoms with Gasteiger partial charge < -0.3 is 10.2 Å². The lowest BCUT2D eigenvalue weighted by molar-refractivity contribution is -0.113. The fourth-order valence-corrected chi connectivity index (χ4v) is 0.911. The number of hydrogen-bond acceptors (Lipinski definition) is 2. The van der Waals surface area contributed by atoms with Crippen LogP contribution in [0.1, 0.15) is 0 Å². The van der Waals surface area contributed by atoms with Gasteiger partial charge >= 0.3 is 0 Å². The predicted octanol–water partition coefficient (Wildman–Crippen LogP) is -0.248. The molecule has 0 aromatic heterocycles. The van der Waals surface area contributed by atoms with Gasteiger partial charge in [0.05, 0.1) is 0 Å². The first kappa shape index (κ1) is 11.4. The van der Waals surface area contributed by atoms with E-state index in [0.29, 0.717) is 0 Å². The van der Waals surface area contributed by atoms with E-state index in [1.165, 1.54) is 0 Å². The van der Waals surface area contributed by atoms with Crippen LogP contribution in [0.25, 0.3) is 0 Å². The van der Waals surface area contributed by atoms with E-state index in [9.17, 15) is 9.26 Å². The number of carbonyl (C=O) groups excluding carboxylic acids is 1. The lowest BCUT2D eigenvalue weighted by Crippen LogP contribution is -2.04. The van der Waals surface area contributed by atoms with Crippen molar-refractivity contribution in [3.05, 3.63) is 43.0 Å². The molecule has 4 heteroatoms. The molecule has 0 unspecified atom stereocenters. The Morgan fingerprint density at radius 3 is 2.08 bits per heavy atom. The second-order valence-electron chi connectivity index (χ2n) is 2.14. The summed E-state index contributed by atoms with van der Waals surface area (Å²) in [6.45, 7) is 3.09. The standard InChI is InChI=1S/C6H6OSi.C3H5NO/c7-8-6-4-2-1-3-5-6;1-2-3(4)5/h1-5,8H;2H,1H2,(H2,4,5). The maximum Gasteiger partial charge on any atom is 0.296 e. The lowest BCUT2D eigenvalue weighted by Gasteiger charge is -1.81. The van der Waals surface area contributed by atoms with Crippen molar-refractivity contribution in [1.82, 2.24) is 0 Å². The fraction of sp³-hybridized carbons (Fsp3) is 0. The molecule has 1 aromatic rings. The van der Waals surface area contributed by atoms with Crippen molar-refractivity contribution in [1.29, 1.82) is 0 Å². The topological polar surface area (TPSA) is 60.2 Å². The van der Waals surface area contributed by atoms with Crippen LogP contribution in [-0.4, -0.2) is 15.3 Å². The van der Waals surface area contributed by atoms with Gasteiger partial charge in [0.15, 0.2) is 0 Å². The number of carbonyl (C=O) groups is 1. The van der Waals surface area contributed by atoms with Crippen LogP contribution in [0.2, 0.25) is 0 Å². The van der Waals surface area contributed by atoms with E-state index < -0.39 is 15.3 Å². The molecule has 0 aliphatic heterocycles. The summed E-state index contributed by atoms with van der Waals surface area (Å²) in [5.41, 5.74) is 4.53. The average Bonchev–Trinajstić information content (AvgIpc) is 2.20. The summed E-state index contributed by atoms with van der Waals surface area (Å²) in [7, 11) is -0.739. The summed E-state index contributed by atoms with van der Waals surface area (Å²) >= 11 is 0. The van der Waals surface area contributed by atoms with Crippen molar-refractivity contribution < 1.29 is 9.26 Å². The molecule has 0 bridgehead atoms. The van der Waals surface area contributed by atoms with Crippen molar-refractivity contribution in [2.75, 3.05) is 0 Å². The van der Waals surface area contributed by atoms with Crippen LogP contribution < -0.4 is 10.9 Å². The molecule has 0 spiro atoms. The third kappa shape index (κ3) is 6.83. The zero-order chi connectivity index (χ0) is 10.1. The first-order chi connectivity index (χ1) is 6.20. The summed E-state index contributed by atoms with van der Waals surface area (Å²) in [5.74, 6) is -0.481. The molecule has 0 saturated heterocycles. The van der Waals surface area contributed by atoms with Crippen LogP contribution in [0.3, 0.4) is 0 Å². The SMILES string of the molecule is C=CC(N)=O.O=[SiH]c1ccccc1. The number of nitrogens with two attached hydrogens (primary N) is 1. The van der Waals surface area contributed by atoms with Crippen molar-refractivity contribution in [3.63, 3.8) is 0 Å². The first-order valence-electron chi connectivity index (χ1n) is 3.62. The summed E-state index contributed by atoms with van der Waals surface area (Å²) in [5, 5.41) is 0.938. The third-order valence-electron chi connectivity index (χ3n) is 1.14. The van der Waals surface area contributed by atoms with Gasteiger partial charge in [0.25, 0.3) is 9.41 Å². The minimum atomic E-state index is -0.739. The van der Waals surface area contributed by atoms with Crippen molar-refractivity contribution >= 4 is 20.5 Å². The summed E-state index contributed by atoms with van der Waals surface area (Å²) in [6.07, 6.45) is 1.06. The van der Waals surface area contributed by atoms with Crippen molar-refractivity contribution in [2.45, 2.75) is 0 Å². The zero-order valence-corrected chi connectivity index (χ0v) is 8.30. The van der Waals surface area contributed by atoms with Gasteiger partial charge in [-0.1, -0.05) is 36.9 Å². The number of hydrogen-bond donors (Lipinski definition) is 1. The number of benzene rings is 1. The summed E-state index contributed by atoms with van der Waals surface area (Å²) in [6, 6.07) is 9.42. The van der Waals surface area contributed by atoms with E-state index in [4.69, 9.17) is 0 Å². The summed E-state index contributed by atoms with van der Waals surface area (Å²) in [4.78, 5) is 9.47. The largest absolute Gasteiger partial charge is 0.386 e. The van der Waals surface area contributed by atoms with E-state index in [1.807, 2.05) is 30.3 Å². The van der Waals surface area contributed by atoms with Gasteiger partial charge in [-0.25, -0.2) is 0 Å². The highest BCUT2D eigenvalue weighted by Gasteiger charge is 1.81. The van der Waals surface area contributed by atoms with Gasteiger partial charge in [-0.2, -0.15) is 0 Å². The molecule has 1 aromatic carbocycles. The number of primary amides is 1. The monoisotopic (exact) mass is 193 g/mol. The van der Waals surface area contributed by atoms with Gasteiger partial charge in [0, 0.05) is 0 Å². The van der Waals surface area contributed by atoms with Gasteiger partial charge in [0.1, 0.15) is 0 Å². The predicted molar refractivity (Wildman–Crippen MR) is 53.3 cm³/mol. The lowest BCUT2D eigenvalue weighted by atomic mass is 10.4. The molecule has 13 heavy (non-hydrogen) atoms. The molecule has 0 atom stereocenters. The van der Waals surface area contributed by atoms with Crippen molar-refractivity contribution in [2.24, 2.45) is 5.73 Å². The van der Waals surface area contributed by atoms with Crippen LogP contribution in [-0.2, 0) is 9.26 Å². The van der Waals surface area contributed by atoms with Gasteiger partial charge in [-0.3, -0.25) is 4.79 Å². The molecule has 0 heterocycles. The number of rotatable bonds is 2. The molecule has 0 fully saturated rings. The normalized spacial score (nSPS) is 7.69. The Morgan fingerprint density at radius 1 is 1.38 bits per heavy atom. The quantitative estimate of drug-likeness (QED) is 0.520. The Kier molecular flexibility index (Phi) is 6.27. The highest BCUT2D eigenvalue weighted by atomic mass is 28.2. The average molecular weight is 193 g/mol. The van der Waals surface area contributed by atoms with Crippen LogP contribution in [0, 0.1) is 0 Å². The third-order valence-corrected chi connectivity index (χ3v) is 1.79. The Morgan fingerprint density at radius 2 is 1.85 bits per heavy atom. The first-order valence-corrected chi connectivity index (χ1v) is 4.67.